The van der Waals surface area contributed by atoms with Crippen LogP contribution in [-0.4, -0.2) is 28.2 Å². The molecule has 5 aromatic rings. The Hall–Kier alpha value is -5.01. The standard InChI is InChI=1S/C34H33N5O2/c1-3-40-31-20-27(34-35-32(25-13-6-4-7-14-25)33(36-34)26-15-8-5-9-16-26)18-19-30(31)41-23-29-22-39(38-37-29)21-28-17-11-10-12-24(28)2/h4-20,22,37-38H,3,21,23H2,1-2H3,(H,35,36). The van der Waals surface area contributed by atoms with E-state index >= 15 is 0 Å². The van der Waals surface area contributed by atoms with Gasteiger partial charge in [0.15, 0.2) is 11.5 Å². The maximum Gasteiger partial charge on any atom is 0.161 e. The zero-order valence-electron chi connectivity index (χ0n) is 23.2. The number of rotatable bonds is 10. The van der Waals surface area contributed by atoms with Crippen molar-refractivity contribution in [3.05, 3.63) is 126 Å². The van der Waals surface area contributed by atoms with Crippen LogP contribution in [0.4, 0.5) is 0 Å². The molecule has 3 N–H and O–H groups in total. The van der Waals surface area contributed by atoms with Crippen molar-refractivity contribution in [2.75, 3.05) is 13.2 Å². The second-order valence-corrected chi connectivity index (χ2v) is 9.87. The Balaban J connectivity index is 1.23. The first kappa shape index (κ1) is 26.2. The van der Waals surface area contributed by atoms with Gasteiger partial charge in [-0.15, -0.1) is 5.53 Å². The lowest BCUT2D eigenvalue weighted by molar-refractivity contribution is 0.257. The number of nitrogens with zero attached hydrogens (tertiary/aromatic N) is 2. The predicted octanol–water partition coefficient (Wildman–Crippen LogP) is 6.86. The van der Waals surface area contributed by atoms with Crippen molar-refractivity contribution >= 4 is 0 Å². The number of nitrogens with one attached hydrogen (secondary N) is 3. The molecule has 0 atom stereocenters. The van der Waals surface area contributed by atoms with E-state index in [-0.39, 0.29) is 0 Å². The second-order valence-electron chi connectivity index (χ2n) is 9.87. The van der Waals surface area contributed by atoms with Gasteiger partial charge in [0.25, 0.3) is 0 Å². The van der Waals surface area contributed by atoms with Gasteiger partial charge in [0.05, 0.1) is 30.2 Å². The number of imidazole rings is 1. The van der Waals surface area contributed by atoms with E-state index in [4.69, 9.17) is 14.5 Å². The Labute approximate surface area is 240 Å². The number of benzene rings is 4. The molecule has 7 nitrogen and oxygen atoms in total. The van der Waals surface area contributed by atoms with Crippen molar-refractivity contribution in [1.82, 2.24) is 25.9 Å². The highest BCUT2D eigenvalue weighted by Crippen LogP contribution is 2.36. The lowest BCUT2D eigenvalue weighted by Crippen LogP contribution is -2.36. The smallest absolute Gasteiger partial charge is 0.161 e. The molecule has 0 spiro atoms. The predicted molar refractivity (Wildman–Crippen MR) is 163 cm³/mol. The highest BCUT2D eigenvalue weighted by molar-refractivity contribution is 5.81. The van der Waals surface area contributed by atoms with E-state index < -0.39 is 0 Å². The minimum absolute atomic E-state index is 0.369. The fourth-order valence-corrected chi connectivity index (χ4v) is 4.85. The molecular formula is C34H33N5O2. The number of ether oxygens (including phenoxy) is 2. The number of hydrogen-bond acceptors (Lipinski definition) is 6. The van der Waals surface area contributed by atoms with Crippen molar-refractivity contribution in [3.8, 4) is 45.4 Å². The lowest BCUT2D eigenvalue weighted by atomic mass is 10.1. The second kappa shape index (κ2) is 12.0. The van der Waals surface area contributed by atoms with E-state index in [1.54, 1.807) is 0 Å². The van der Waals surface area contributed by atoms with Gasteiger partial charge >= 0.3 is 0 Å². The molecular weight excluding hydrogens is 510 g/mol. The van der Waals surface area contributed by atoms with Crippen molar-refractivity contribution < 1.29 is 9.47 Å². The maximum atomic E-state index is 6.20. The summed E-state index contributed by atoms with van der Waals surface area (Å²) in [6.45, 7) is 5.74. The quantitative estimate of drug-likeness (QED) is 0.179. The van der Waals surface area contributed by atoms with Crippen LogP contribution in [0.15, 0.2) is 115 Å². The molecule has 6 rings (SSSR count). The molecule has 0 bridgehead atoms. The topological polar surface area (TPSA) is 74.4 Å². The Morgan fingerprint density at radius 3 is 2.24 bits per heavy atom. The van der Waals surface area contributed by atoms with Crippen LogP contribution in [0.2, 0.25) is 0 Å². The van der Waals surface area contributed by atoms with Crippen LogP contribution < -0.4 is 20.4 Å². The molecule has 1 aromatic heterocycles. The molecule has 41 heavy (non-hydrogen) atoms. The molecule has 0 radical (unpaired) electrons. The molecule has 0 fully saturated rings. The summed E-state index contributed by atoms with van der Waals surface area (Å²) in [5, 5.41) is 2.01. The monoisotopic (exact) mass is 543 g/mol. The van der Waals surface area contributed by atoms with Gasteiger partial charge in [-0.3, -0.25) is 5.01 Å². The Morgan fingerprint density at radius 2 is 1.49 bits per heavy atom. The molecule has 1 aliphatic rings. The summed E-state index contributed by atoms with van der Waals surface area (Å²) in [5.41, 5.74) is 14.8. The van der Waals surface area contributed by atoms with E-state index in [1.165, 1.54) is 11.1 Å². The summed E-state index contributed by atoms with van der Waals surface area (Å²) < 4.78 is 12.2. The average Bonchev–Trinajstić information content (AvgIpc) is 3.66. The summed E-state index contributed by atoms with van der Waals surface area (Å²) in [7, 11) is 0. The number of H-pyrrole nitrogens is 1. The normalized spacial score (nSPS) is 12.6. The van der Waals surface area contributed by atoms with E-state index in [0.29, 0.717) is 24.7 Å². The first-order chi connectivity index (χ1) is 20.2. The Morgan fingerprint density at radius 1 is 0.756 bits per heavy atom. The van der Waals surface area contributed by atoms with Crippen molar-refractivity contribution in [2.24, 2.45) is 0 Å². The number of aromatic amines is 1. The Kier molecular flexibility index (Phi) is 7.69. The summed E-state index contributed by atoms with van der Waals surface area (Å²) in [5.74, 6) is 2.12. The molecule has 0 saturated heterocycles. The summed E-state index contributed by atoms with van der Waals surface area (Å²) >= 11 is 0. The molecule has 2 heterocycles. The highest BCUT2D eigenvalue weighted by atomic mass is 16.5. The molecule has 0 amide bonds. The lowest BCUT2D eigenvalue weighted by Gasteiger charge is -2.16. The zero-order valence-corrected chi connectivity index (χ0v) is 23.2. The van der Waals surface area contributed by atoms with Crippen molar-refractivity contribution in [2.45, 2.75) is 20.4 Å². The van der Waals surface area contributed by atoms with E-state index in [1.807, 2.05) is 72.7 Å². The average molecular weight is 544 g/mol. The van der Waals surface area contributed by atoms with Gasteiger partial charge in [0.1, 0.15) is 12.4 Å². The van der Waals surface area contributed by atoms with Gasteiger partial charge in [-0.25, -0.2) is 4.98 Å². The minimum atomic E-state index is 0.369. The van der Waals surface area contributed by atoms with Gasteiger partial charge < -0.3 is 19.9 Å². The van der Waals surface area contributed by atoms with Crippen molar-refractivity contribution in [1.29, 1.82) is 0 Å². The third kappa shape index (κ3) is 5.95. The van der Waals surface area contributed by atoms with E-state index in [2.05, 4.69) is 71.4 Å². The van der Waals surface area contributed by atoms with Gasteiger partial charge in [0.2, 0.25) is 0 Å². The third-order valence-corrected chi connectivity index (χ3v) is 6.99. The van der Waals surface area contributed by atoms with E-state index in [0.717, 1.165) is 46.1 Å². The van der Waals surface area contributed by atoms with Gasteiger partial charge in [0, 0.05) is 22.9 Å². The van der Waals surface area contributed by atoms with Crippen LogP contribution in [0.25, 0.3) is 33.9 Å². The van der Waals surface area contributed by atoms with Gasteiger partial charge in [-0.2, -0.15) is 0 Å². The van der Waals surface area contributed by atoms with Crippen LogP contribution in [-0.2, 0) is 6.54 Å². The van der Waals surface area contributed by atoms with Crippen LogP contribution in [0, 0.1) is 6.92 Å². The summed E-state index contributed by atoms with van der Waals surface area (Å²) in [6, 6.07) is 34.8. The fourth-order valence-electron chi connectivity index (χ4n) is 4.85. The highest BCUT2D eigenvalue weighted by Gasteiger charge is 2.18. The molecule has 0 unspecified atom stereocenters. The fraction of sp³-hybridized carbons (Fsp3) is 0.147. The molecule has 206 valence electrons. The first-order valence-electron chi connectivity index (χ1n) is 13.8. The molecule has 4 aromatic carbocycles. The molecule has 7 heteroatoms. The molecule has 1 aliphatic heterocycles. The van der Waals surface area contributed by atoms with Crippen LogP contribution in [0.5, 0.6) is 11.5 Å². The summed E-state index contributed by atoms with van der Waals surface area (Å²) in [4.78, 5) is 8.60. The van der Waals surface area contributed by atoms with Crippen LogP contribution in [0.3, 0.4) is 0 Å². The first-order valence-corrected chi connectivity index (χ1v) is 13.8. The number of aryl methyl sites for hydroxylation is 1. The number of aromatic nitrogens is 2. The van der Waals surface area contributed by atoms with Gasteiger partial charge in [-0.1, -0.05) is 84.9 Å². The number of hydrazine groups is 2. The zero-order chi connectivity index (χ0) is 28.0. The van der Waals surface area contributed by atoms with Crippen LogP contribution in [0.1, 0.15) is 18.1 Å². The largest absolute Gasteiger partial charge is 0.490 e. The maximum absolute atomic E-state index is 6.20. The van der Waals surface area contributed by atoms with Crippen LogP contribution >= 0.6 is 0 Å². The number of hydrogen-bond donors (Lipinski definition) is 3. The summed E-state index contributed by atoms with van der Waals surface area (Å²) in [6.07, 6.45) is 2.03. The van der Waals surface area contributed by atoms with Gasteiger partial charge in [-0.05, 0) is 43.2 Å². The molecule has 0 aliphatic carbocycles. The van der Waals surface area contributed by atoms with Crippen molar-refractivity contribution in [3.63, 3.8) is 0 Å². The minimum Gasteiger partial charge on any atom is -0.490 e. The van der Waals surface area contributed by atoms with E-state index in [9.17, 15) is 0 Å². The molecule has 0 saturated carbocycles. The Bertz CT molecular complexity index is 1590. The SMILES string of the molecule is CCOc1cc(-c2nc(-c3ccccc3)c(-c3ccccc3)[nH]2)ccc1OCC1=CN(Cc2ccccc2C)NN1. The third-order valence-electron chi connectivity index (χ3n) is 6.99.